The summed E-state index contributed by atoms with van der Waals surface area (Å²) in [7, 11) is 0. The molecule has 102 valence electrons. The highest BCUT2D eigenvalue weighted by Crippen LogP contribution is 2.02. The van der Waals surface area contributed by atoms with Crippen molar-refractivity contribution in [2.75, 3.05) is 32.7 Å². The summed E-state index contributed by atoms with van der Waals surface area (Å²) in [6, 6.07) is 0.486. The van der Waals surface area contributed by atoms with Gasteiger partial charge in [0.1, 0.15) is 0 Å². The molecule has 0 radical (unpaired) electrons. The first-order valence-electron chi connectivity index (χ1n) is 6.69. The van der Waals surface area contributed by atoms with E-state index >= 15 is 0 Å². The van der Waals surface area contributed by atoms with E-state index in [2.05, 4.69) is 37.5 Å². The average Bonchev–Trinajstić information content (AvgIpc) is 2.27. The van der Waals surface area contributed by atoms with Gasteiger partial charge in [-0.15, -0.1) is 0 Å². The number of carboxylic acids is 1. The summed E-state index contributed by atoms with van der Waals surface area (Å²) in [5, 5.41) is 8.63. The van der Waals surface area contributed by atoms with Crippen molar-refractivity contribution in [2.24, 2.45) is 0 Å². The topological polar surface area (TPSA) is 43.8 Å². The predicted molar refractivity (Wildman–Crippen MR) is 71.4 cm³/mol. The van der Waals surface area contributed by atoms with E-state index in [0.717, 1.165) is 39.1 Å². The van der Waals surface area contributed by atoms with Crippen LogP contribution in [0.5, 0.6) is 0 Å². The van der Waals surface area contributed by atoms with Crippen LogP contribution in [0.1, 0.15) is 40.5 Å². The fraction of sp³-hybridized carbons (Fsp3) is 0.923. The molecule has 0 fully saturated rings. The minimum absolute atomic E-state index is 0.272. The monoisotopic (exact) mass is 244 g/mol. The van der Waals surface area contributed by atoms with Crippen molar-refractivity contribution in [3.8, 4) is 0 Å². The molecule has 0 heterocycles. The zero-order chi connectivity index (χ0) is 13.3. The van der Waals surface area contributed by atoms with Crippen LogP contribution in [0.15, 0.2) is 0 Å². The molecule has 0 aliphatic rings. The highest BCUT2D eigenvalue weighted by Gasteiger charge is 2.11. The van der Waals surface area contributed by atoms with Gasteiger partial charge in [0.15, 0.2) is 0 Å². The third-order valence-corrected chi connectivity index (χ3v) is 3.16. The van der Waals surface area contributed by atoms with Gasteiger partial charge in [-0.05, 0) is 39.9 Å². The fourth-order valence-corrected chi connectivity index (χ4v) is 1.87. The Bertz CT molecular complexity index is 204. The SMILES string of the molecule is CCN(CC)CCN(CCCC(=O)O)C(C)C. The van der Waals surface area contributed by atoms with Gasteiger partial charge in [-0.2, -0.15) is 0 Å². The van der Waals surface area contributed by atoms with E-state index < -0.39 is 5.97 Å². The van der Waals surface area contributed by atoms with E-state index in [1.54, 1.807) is 0 Å². The number of hydrogen-bond donors (Lipinski definition) is 1. The molecule has 4 heteroatoms. The van der Waals surface area contributed by atoms with Gasteiger partial charge < -0.3 is 10.0 Å². The summed E-state index contributed by atoms with van der Waals surface area (Å²) in [5.41, 5.74) is 0. The van der Waals surface area contributed by atoms with Crippen molar-refractivity contribution in [1.82, 2.24) is 9.80 Å². The Hall–Kier alpha value is -0.610. The molecule has 0 atom stereocenters. The lowest BCUT2D eigenvalue weighted by molar-refractivity contribution is -0.137. The maximum Gasteiger partial charge on any atom is 0.303 e. The van der Waals surface area contributed by atoms with Gasteiger partial charge in [-0.3, -0.25) is 9.69 Å². The van der Waals surface area contributed by atoms with E-state index in [1.807, 2.05) is 0 Å². The van der Waals surface area contributed by atoms with Crippen LogP contribution in [0.2, 0.25) is 0 Å². The van der Waals surface area contributed by atoms with E-state index in [-0.39, 0.29) is 6.42 Å². The quantitative estimate of drug-likeness (QED) is 0.637. The Morgan fingerprint density at radius 3 is 2.12 bits per heavy atom. The Morgan fingerprint density at radius 1 is 1.12 bits per heavy atom. The number of carbonyl (C=O) groups is 1. The van der Waals surface area contributed by atoms with Crippen molar-refractivity contribution in [3.63, 3.8) is 0 Å². The highest BCUT2D eigenvalue weighted by molar-refractivity contribution is 5.66. The number of hydrogen-bond acceptors (Lipinski definition) is 3. The van der Waals surface area contributed by atoms with Crippen LogP contribution in [0.3, 0.4) is 0 Å². The van der Waals surface area contributed by atoms with Crippen molar-refractivity contribution >= 4 is 5.97 Å². The lowest BCUT2D eigenvalue weighted by Crippen LogP contribution is -2.39. The van der Waals surface area contributed by atoms with Gasteiger partial charge >= 0.3 is 5.97 Å². The van der Waals surface area contributed by atoms with Crippen LogP contribution in [0, 0.1) is 0 Å². The lowest BCUT2D eigenvalue weighted by atomic mass is 10.2. The van der Waals surface area contributed by atoms with Crippen LogP contribution in [-0.4, -0.2) is 59.6 Å². The molecule has 0 amide bonds. The number of aliphatic carboxylic acids is 1. The molecular formula is C13H28N2O2. The van der Waals surface area contributed by atoms with Crippen LogP contribution >= 0.6 is 0 Å². The molecule has 0 aromatic rings. The molecule has 0 saturated heterocycles. The molecule has 0 unspecified atom stereocenters. The Balaban J connectivity index is 3.93. The molecular weight excluding hydrogens is 216 g/mol. The van der Waals surface area contributed by atoms with Gasteiger partial charge in [-0.25, -0.2) is 0 Å². The third-order valence-electron chi connectivity index (χ3n) is 3.16. The van der Waals surface area contributed by atoms with Gasteiger partial charge in [0.25, 0.3) is 0 Å². The maximum absolute atomic E-state index is 10.5. The normalized spacial score (nSPS) is 11.7. The Kier molecular flexibility index (Phi) is 9.09. The van der Waals surface area contributed by atoms with Crippen LogP contribution < -0.4 is 0 Å². The standard InChI is InChI=1S/C13H28N2O2/c1-5-14(6-2)10-11-15(12(3)4)9-7-8-13(16)17/h12H,5-11H2,1-4H3,(H,16,17). The molecule has 17 heavy (non-hydrogen) atoms. The summed E-state index contributed by atoms with van der Waals surface area (Å²) < 4.78 is 0. The molecule has 0 aromatic carbocycles. The van der Waals surface area contributed by atoms with Crippen molar-refractivity contribution in [2.45, 2.75) is 46.6 Å². The summed E-state index contributed by atoms with van der Waals surface area (Å²) in [4.78, 5) is 15.2. The van der Waals surface area contributed by atoms with Crippen LogP contribution in [0.25, 0.3) is 0 Å². The number of likely N-dealkylation sites (N-methyl/N-ethyl adjacent to an activating group) is 1. The summed E-state index contributed by atoms with van der Waals surface area (Å²) in [6.07, 6.45) is 1.01. The molecule has 1 N–H and O–H groups in total. The predicted octanol–water partition coefficient (Wildman–Crippen LogP) is 1.90. The summed E-state index contributed by atoms with van der Waals surface area (Å²) >= 11 is 0. The van der Waals surface area contributed by atoms with Gasteiger partial charge in [0.2, 0.25) is 0 Å². The second kappa shape index (κ2) is 9.42. The lowest BCUT2D eigenvalue weighted by Gasteiger charge is -2.29. The average molecular weight is 244 g/mol. The van der Waals surface area contributed by atoms with Crippen molar-refractivity contribution < 1.29 is 9.90 Å². The molecule has 0 rings (SSSR count). The number of nitrogens with zero attached hydrogens (tertiary/aromatic N) is 2. The minimum atomic E-state index is -0.697. The molecule has 0 aliphatic heterocycles. The van der Waals surface area contributed by atoms with Crippen molar-refractivity contribution in [1.29, 1.82) is 0 Å². The van der Waals surface area contributed by atoms with E-state index in [4.69, 9.17) is 5.11 Å². The second-order valence-corrected chi connectivity index (χ2v) is 4.65. The fourth-order valence-electron chi connectivity index (χ4n) is 1.87. The number of carboxylic acid groups (broad SMARTS) is 1. The van der Waals surface area contributed by atoms with E-state index in [9.17, 15) is 4.79 Å². The first-order chi connectivity index (χ1) is 8.01. The maximum atomic E-state index is 10.5. The first kappa shape index (κ1) is 16.4. The van der Waals surface area contributed by atoms with E-state index in [1.165, 1.54) is 0 Å². The Labute approximate surface area is 106 Å². The van der Waals surface area contributed by atoms with Crippen LogP contribution in [0.4, 0.5) is 0 Å². The number of rotatable bonds is 10. The zero-order valence-electron chi connectivity index (χ0n) is 11.8. The third kappa shape index (κ3) is 8.16. The Morgan fingerprint density at radius 2 is 1.71 bits per heavy atom. The molecule has 0 aromatic heterocycles. The van der Waals surface area contributed by atoms with Crippen LogP contribution in [-0.2, 0) is 4.79 Å². The summed E-state index contributed by atoms with van der Waals surface area (Å²) in [5.74, 6) is -0.697. The van der Waals surface area contributed by atoms with Gasteiger partial charge in [0, 0.05) is 25.6 Å². The molecule has 4 nitrogen and oxygen atoms in total. The zero-order valence-corrected chi connectivity index (χ0v) is 11.8. The molecule has 0 saturated carbocycles. The second-order valence-electron chi connectivity index (χ2n) is 4.65. The summed E-state index contributed by atoms with van der Waals surface area (Å²) in [6.45, 7) is 13.8. The van der Waals surface area contributed by atoms with Gasteiger partial charge in [0.05, 0.1) is 0 Å². The molecule has 0 bridgehead atoms. The van der Waals surface area contributed by atoms with Crippen molar-refractivity contribution in [3.05, 3.63) is 0 Å². The minimum Gasteiger partial charge on any atom is -0.481 e. The molecule has 0 spiro atoms. The largest absolute Gasteiger partial charge is 0.481 e. The smallest absolute Gasteiger partial charge is 0.303 e. The first-order valence-corrected chi connectivity index (χ1v) is 6.69. The van der Waals surface area contributed by atoms with E-state index in [0.29, 0.717) is 6.04 Å². The van der Waals surface area contributed by atoms with Gasteiger partial charge in [-0.1, -0.05) is 13.8 Å². The molecule has 0 aliphatic carbocycles. The highest BCUT2D eigenvalue weighted by atomic mass is 16.4.